The van der Waals surface area contributed by atoms with E-state index in [1.54, 1.807) is 9.80 Å². The monoisotopic (exact) mass is 418 g/mol. The van der Waals surface area contributed by atoms with Crippen LogP contribution < -0.4 is 4.74 Å². The third-order valence-electron chi connectivity index (χ3n) is 5.52. The number of halogens is 3. The summed E-state index contributed by atoms with van der Waals surface area (Å²) in [7, 11) is 0. The number of hydrogen-bond acceptors (Lipinski definition) is 3. The Labute approximate surface area is 172 Å². The standard InChI is InChI=1S/C22H21F3N2O3/c23-17-4-2-14(3-5-17)21(28)26-6-1-7-27(9-8-26)22(29)16-10-15-11-18(24)12-19(25)20(15)30-13-16/h2-5,11-12,16H,1,6-10,13H2. The van der Waals surface area contributed by atoms with Gasteiger partial charge in [0.25, 0.3) is 5.91 Å². The van der Waals surface area contributed by atoms with Crippen molar-refractivity contribution in [1.29, 1.82) is 0 Å². The highest BCUT2D eigenvalue weighted by Gasteiger charge is 2.32. The molecular weight excluding hydrogens is 397 g/mol. The Morgan fingerprint density at radius 2 is 1.60 bits per heavy atom. The first-order chi connectivity index (χ1) is 14.4. The molecule has 8 heteroatoms. The Bertz CT molecular complexity index is 965. The number of benzene rings is 2. The minimum absolute atomic E-state index is 0.00684. The Morgan fingerprint density at radius 3 is 2.37 bits per heavy atom. The fraction of sp³-hybridized carbons (Fsp3) is 0.364. The van der Waals surface area contributed by atoms with E-state index in [4.69, 9.17) is 4.74 Å². The second-order valence-electron chi connectivity index (χ2n) is 7.57. The lowest BCUT2D eigenvalue weighted by atomic mass is 9.95. The van der Waals surface area contributed by atoms with Gasteiger partial charge in [-0.25, -0.2) is 13.2 Å². The van der Waals surface area contributed by atoms with Crippen molar-refractivity contribution in [2.45, 2.75) is 12.8 Å². The molecule has 1 fully saturated rings. The van der Waals surface area contributed by atoms with Crippen molar-refractivity contribution in [3.8, 4) is 5.75 Å². The fourth-order valence-corrected chi connectivity index (χ4v) is 3.97. The average Bonchev–Trinajstić information content (AvgIpc) is 2.99. The molecule has 0 radical (unpaired) electrons. The Morgan fingerprint density at radius 1 is 0.900 bits per heavy atom. The predicted molar refractivity (Wildman–Crippen MR) is 103 cm³/mol. The van der Waals surface area contributed by atoms with Gasteiger partial charge in [0.15, 0.2) is 11.6 Å². The normalized spacial score (nSPS) is 19.0. The van der Waals surface area contributed by atoms with Gasteiger partial charge in [-0.15, -0.1) is 0 Å². The first-order valence-electron chi connectivity index (χ1n) is 9.86. The summed E-state index contributed by atoms with van der Waals surface area (Å²) in [6.45, 7) is 1.71. The summed E-state index contributed by atoms with van der Waals surface area (Å²) in [5.74, 6) is -2.75. The molecule has 2 aromatic rings. The van der Waals surface area contributed by atoms with Gasteiger partial charge in [-0.3, -0.25) is 9.59 Å². The summed E-state index contributed by atoms with van der Waals surface area (Å²) >= 11 is 0. The number of rotatable bonds is 2. The molecule has 1 saturated heterocycles. The summed E-state index contributed by atoms with van der Waals surface area (Å²) in [5.41, 5.74) is 0.748. The van der Waals surface area contributed by atoms with E-state index in [1.165, 1.54) is 30.3 Å². The van der Waals surface area contributed by atoms with Gasteiger partial charge >= 0.3 is 0 Å². The van der Waals surface area contributed by atoms with Gasteiger partial charge in [-0.05, 0) is 43.2 Å². The van der Waals surface area contributed by atoms with Gasteiger partial charge in [0.05, 0.1) is 5.92 Å². The zero-order valence-electron chi connectivity index (χ0n) is 16.2. The molecule has 1 unspecified atom stereocenters. The number of hydrogen-bond donors (Lipinski definition) is 0. The Hall–Kier alpha value is -3.03. The third-order valence-corrected chi connectivity index (χ3v) is 5.52. The zero-order chi connectivity index (χ0) is 21.3. The van der Waals surface area contributed by atoms with Crippen molar-refractivity contribution in [2.75, 3.05) is 32.8 Å². The molecule has 0 spiro atoms. The van der Waals surface area contributed by atoms with Crippen molar-refractivity contribution in [2.24, 2.45) is 5.92 Å². The van der Waals surface area contributed by atoms with Gasteiger partial charge in [-0.1, -0.05) is 0 Å². The predicted octanol–water partition coefficient (Wildman–Crippen LogP) is 3.03. The lowest BCUT2D eigenvalue weighted by molar-refractivity contribution is -0.136. The van der Waals surface area contributed by atoms with E-state index in [1.807, 2.05) is 0 Å². The highest BCUT2D eigenvalue weighted by molar-refractivity contribution is 5.94. The number of nitrogens with zero attached hydrogens (tertiary/aromatic N) is 2. The lowest BCUT2D eigenvalue weighted by Gasteiger charge is -2.30. The molecule has 2 aliphatic rings. The van der Waals surface area contributed by atoms with Crippen LogP contribution in [-0.2, 0) is 11.2 Å². The molecule has 0 aliphatic carbocycles. The molecule has 0 aromatic heterocycles. The van der Waals surface area contributed by atoms with E-state index in [9.17, 15) is 22.8 Å². The molecular formula is C22H21F3N2O3. The quantitative estimate of drug-likeness (QED) is 0.754. The number of carbonyl (C=O) groups excluding carboxylic acids is 2. The maximum absolute atomic E-state index is 13.8. The number of fused-ring (bicyclic) bond motifs is 1. The van der Waals surface area contributed by atoms with Crippen molar-refractivity contribution in [3.05, 3.63) is 65.0 Å². The van der Waals surface area contributed by atoms with Crippen LogP contribution in [0.4, 0.5) is 13.2 Å². The number of ether oxygens (including phenoxy) is 1. The van der Waals surface area contributed by atoms with E-state index < -0.39 is 23.4 Å². The average molecular weight is 418 g/mol. The molecule has 0 N–H and O–H groups in total. The van der Waals surface area contributed by atoms with Gasteiger partial charge in [-0.2, -0.15) is 0 Å². The van der Waals surface area contributed by atoms with E-state index in [0.717, 1.165) is 6.07 Å². The van der Waals surface area contributed by atoms with Crippen LogP contribution in [0.3, 0.4) is 0 Å². The first-order valence-corrected chi connectivity index (χ1v) is 9.86. The Kier molecular flexibility index (Phi) is 5.65. The van der Waals surface area contributed by atoms with Crippen LogP contribution in [0, 0.1) is 23.4 Å². The van der Waals surface area contributed by atoms with Crippen LogP contribution in [0.5, 0.6) is 5.75 Å². The van der Waals surface area contributed by atoms with Gasteiger partial charge < -0.3 is 14.5 Å². The second-order valence-corrected chi connectivity index (χ2v) is 7.57. The third kappa shape index (κ3) is 4.13. The minimum atomic E-state index is -0.763. The number of amides is 2. The molecule has 2 aliphatic heterocycles. The molecule has 30 heavy (non-hydrogen) atoms. The summed E-state index contributed by atoms with van der Waals surface area (Å²) in [6.07, 6.45) is 0.809. The molecule has 5 nitrogen and oxygen atoms in total. The van der Waals surface area contributed by atoms with Crippen LogP contribution in [0.15, 0.2) is 36.4 Å². The SMILES string of the molecule is O=C(c1ccc(F)cc1)N1CCCN(C(=O)C2COc3c(F)cc(F)cc3C2)CC1. The van der Waals surface area contributed by atoms with Crippen molar-refractivity contribution >= 4 is 11.8 Å². The summed E-state index contributed by atoms with van der Waals surface area (Å²) in [6, 6.07) is 7.34. The molecule has 2 aromatic carbocycles. The van der Waals surface area contributed by atoms with E-state index in [0.29, 0.717) is 43.7 Å². The van der Waals surface area contributed by atoms with Gasteiger partial charge in [0, 0.05) is 43.4 Å². The smallest absolute Gasteiger partial charge is 0.253 e. The van der Waals surface area contributed by atoms with Crippen molar-refractivity contribution < 1.29 is 27.5 Å². The highest BCUT2D eigenvalue weighted by Crippen LogP contribution is 2.31. The van der Waals surface area contributed by atoms with Crippen LogP contribution in [0.2, 0.25) is 0 Å². The van der Waals surface area contributed by atoms with E-state index >= 15 is 0 Å². The first kappa shape index (κ1) is 20.3. The molecule has 2 heterocycles. The summed E-state index contributed by atoms with van der Waals surface area (Å²) < 4.78 is 45.9. The van der Waals surface area contributed by atoms with Crippen LogP contribution in [0.1, 0.15) is 22.3 Å². The lowest BCUT2D eigenvalue weighted by Crippen LogP contribution is -2.43. The molecule has 0 bridgehead atoms. The van der Waals surface area contributed by atoms with Gasteiger partial charge in [0.2, 0.25) is 5.91 Å². The molecule has 158 valence electrons. The fourth-order valence-electron chi connectivity index (χ4n) is 3.97. The Balaban J connectivity index is 1.40. The largest absolute Gasteiger partial charge is 0.489 e. The molecule has 1 atom stereocenters. The second kappa shape index (κ2) is 8.38. The topological polar surface area (TPSA) is 49.9 Å². The summed E-state index contributed by atoms with van der Waals surface area (Å²) in [5, 5.41) is 0. The maximum Gasteiger partial charge on any atom is 0.253 e. The number of carbonyl (C=O) groups is 2. The van der Waals surface area contributed by atoms with Crippen LogP contribution >= 0.6 is 0 Å². The zero-order valence-corrected chi connectivity index (χ0v) is 16.2. The van der Waals surface area contributed by atoms with Crippen LogP contribution in [-0.4, -0.2) is 54.4 Å². The molecule has 4 rings (SSSR count). The molecule has 2 amide bonds. The van der Waals surface area contributed by atoms with E-state index in [2.05, 4.69) is 0 Å². The minimum Gasteiger partial charge on any atom is -0.489 e. The van der Waals surface area contributed by atoms with Crippen molar-refractivity contribution in [1.82, 2.24) is 9.80 Å². The molecule has 0 saturated carbocycles. The highest BCUT2D eigenvalue weighted by atomic mass is 19.1. The van der Waals surface area contributed by atoms with Crippen LogP contribution in [0.25, 0.3) is 0 Å². The maximum atomic E-state index is 13.8. The summed E-state index contributed by atoms with van der Waals surface area (Å²) in [4.78, 5) is 29.0. The van der Waals surface area contributed by atoms with E-state index in [-0.39, 0.29) is 30.6 Å². The van der Waals surface area contributed by atoms with Gasteiger partial charge in [0.1, 0.15) is 18.2 Å². The van der Waals surface area contributed by atoms with Crippen molar-refractivity contribution in [3.63, 3.8) is 0 Å².